The smallest absolute Gasteiger partial charge is 0.257 e. The van der Waals surface area contributed by atoms with E-state index >= 15 is 0 Å². The normalized spacial score (nSPS) is 17.0. The van der Waals surface area contributed by atoms with Gasteiger partial charge in [0.2, 0.25) is 5.89 Å². The van der Waals surface area contributed by atoms with Crippen molar-refractivity contribution < 1.29 is 8.81 Å². The lowest BCUT2D eigenvalue weighted by Crippen LogP contribution is -2.47. The van der Waals surface area contributed by atoms with Gasteiger partial charge >= 0.3 is 0 Å². The molecule has 0 radical (unpaired) electrons. The second-order valence-corrected chi connectivity index (χ2v) is 7.02. The van der Waals surface area contributed by atoms with Gasteiger partial charge in [0.05, 0.1) is 16.6 Å². The zero-order valence-electron chi connectivity index (χ0n) is 13.9. The van der Waals surface area contributed by atoms with Gasteiger partial charge in [-0.25, -0.2) is 4.39 Å². The molecule has 1 aliphatic heterocycles. The molecule has 0 spiro atoms. The van der Waals surface area contributed by atoms with Gasteiger partial charge in [-0.2, -0.15) is 0 Å². The predicted molar refractivity (Wildman–Crippen MR) is 96.2 cm³/mol. The lowest BCUT2D eigenvalue weighted by molar-refractivity contribution is 0.173. The third-order valence-corrected chi connectivity index (χ3v) is 5.44. The van der Waals surface area contributed by atoms with Crippen molar-refractivity contribution in [2.45, 2.75) is 13.0 Å². The van der Waals surface area contributed by atoms with E-state index in [1.165, 1.54) is 6.07 Å². The molecule has 0 amide bonds. The molecule has 25 heavy (non-hydrogen) atoms. The highest BCUT2D eigenvalue weighted by Crippen LogP contribution is 2.28. The van der Waals surface area contributed by atoms with Gasteiger partial charge in [0.1, 0.15) is 5.82 Å². The van der Waals surface area contributed by atoms with Gasteiger partial charge in [0.15, 0.2) is 0 Å². The van der Waals surface area contributed by atoms with E-state index in [0.29, 0.717) is 17.5 Å². The lowest BCUT2D eigenvalue weighted by atomic mass is 10.2. The average Bonchev–Trinajstić information content (AvgIpc) is 3.33. The van der Waals surface area contributed by atoms with Crippen molar-refractivity contribution in [3.63, 3.8) is 0 Å². The molecule has 3 aromatic rings. The molecule has 0 bridgehead atoms. The zero-order valence-corrected chi connectivity index (χ0v) is 14.7. The molecule has 7 heteroatoms. The van der Waals surface area contributed by atoms with Crippen LogP contribution >= 0.6 is 11.3 Å². The van der Waals surface area contributed by atoms with Crippen LogP contribution in [0.3, 0.4) is 0 Å². The lowest BCUT2D eigenvalue weighted by Gasteiger charge is -2.38. The maximum Gasteiger partial charge on any atom is 0.257 e. The molecule has 1 unspecified atom stereocenters. The maximum absolute atomic E-state index is 13.9. The van der Waals surface area contributed by atoms with Crippen LogP contribution in [0.5, 0.6) is 0 Å². The van der Waals surface area contributed by atoms with E-state index in [0.717, 1.165) is 31.1 Å². The van der Waals surface area contributed by atoms with Gasteiger partial charge in [-0.15, -0.1) is 21.5 Å². The van der Waals surface area contributed by atoms with Crippen molar-refractivity contribution in [2.75, 3.05) is 31.1 Å². The summed E-state index contributed by atoms with van der Waals surface area (Å²) in [5, 5.41) is 10.4. The second kappa shape index (κ2) is 6.93. The van der Waals surface area contributed by atoms with Gasteiger partial charge in [0.25, 0.3) is 5.89 Å². The van der Waals surface area contributed by atoms with Crippen LogP contribution in [0.15, 0.2) is 46.2 Å². The molecule has 1 aromatic carbocycles. The average molecular weight is 358 g/mol. The van der Waals surface area contributed by atoms with E-state index in [2.05, 4.69) is 26.9 Å². The standard InChI is InChI=1S/C18H19FN4OS/c1-13(17-20-21-18(24-17)16-7-4-12-25-16)22-8-10-23(11-9-22)15-6-3-2-5-14(15)19/h2-7,12-13H,8-11H2,1H3. The van der Waals surface area contributed by atoms with Crippen molar-refractivity contribution in [1.29, 1.82) is 0 Å². The Hall–Kier alpha value is -2.25. The van der Waals surface area contributed by atoms with Crippen LogP contribution in [0.2, 0.25) is 0 Å². The number of benzene rings is 1. The van der Waals surface area contributed by atoms with Crippen LogP contribution in [0.1, 0.15) is 18.9 Å². The number of halogens is 1. The molecular formula is C18H19FN4OS. The minimum Gasteiger partial charge on any atom is -0.418 e. The summed E-state index contributed by atoms with van der Waals surface area (Å²) in [6.45, 7) is 5.28. The van der Waals surface area contributed by atoms with Crippen molar-refractivity contribution in [3.8, 4) is 10.8 Å². The first-order valence-corrected chi connectivity index (χ1v) is 9.21. The van der Waals surface area contributed by atoms with Crippen LogP contribution in [-0.4, -0.2) is 41.3 Å². The summed E-state index contributed by atoms with van der Waals surface area (Å²) in [6.07, 6.45) is 0. The van der Waals surface area contributed by atoms with Crippen molar-refractivity contribution in [2.24, 2.45) is 0 Å². The Kier molecular flexibility index (Phi) is 4.50. The summed E-state index contributed by atoms with van der Waals surface area (Å²) in [4.78, 5) is 5.36. The third-order valence-electron chi connectivity index (χ3n) is 4.59. The quantitative estimate of drug-likeness (QED) is 0.709. The largest absolute Gasteiger partial charge is 0.418 e. The minimum absolute atomic E-state index is 0.0454. The Bertz CT molecular complexity index is 827. The van der Waals surface area contributed by atoms with E-state index in [4.69, 9.17) is 4.42 Å². The highest BCUT2D eigenvalue weighted by atomic mass is 32.1. The Morgan fingerprint density at radius 3 is 2.60 bits per heavy atom. The molecule has 0 N–H and O–H groups in total. The van der Waals surface area contributed by atoms with Crippen molar-refractivity contribution >= 4 is 17.0 Å². The Balaban J connectivity index is 1.41. The Labute approximate surface area is 149 Å². The molecule has 5 nitrogen and oxygen atoms in total. The summed E-state index contributed by atoms with van der Waals surface area (Å²) in [5.41, 5.74) is 0.674. The van der Waals surface area contributed by atoms with Gasteiger partial charge in [-0.05, 0) is 30.5 Å². The first-order valence-electron chi connectivity index (χ1n) is 8.33. The molecular weight excluding hydrogens is 339 g/mol. The summed E-state index contributed by atoms with van der Waals surface area (Å²) < 4.78 is 19.8. The summed E-state index contributed by atoms with van der Waals surface area (Å²) in [6, 6.07) is 10.9. The monoisotopic (exact) mass is 358 g/mol. The molecule has 0 saturated carbocycles. The fraction of sp³-hybridized carbons (Fsp3) is 0.333. The minimum atomic E-state index is -0.165. The second-order valence-electron chi connectivity index (χ2n) is 6.07. The number of hydrogen-bond donors (Lipinski definition) is 0. The fourth-order valence-corrected chi connectivity index (χ4v) is 3.76. The number of para-hydroxylation sites is 1. The van der Waals surface area contributed by atoms with E-state index < -0.39 is 0 Å². The number of piperazine rings is 1. The third kappa shape index (κ3) is 3.29. The number of aromatic nitrogens is 2. The topological polar surface area (TPSA) is 45.4 Å². The number of rotatable bonds is 4. The van der Waals surface area contributed by atoms with Crippen molar-refractivity contribution in [3.05, 3.63) is 53.5 Å². The van der Waals surface area contributed by atoms with Gasteiger partial charge in [-0.3, -0.25) is 4.90 Å². The first-order chi connectivity index (χ1) is 12.2. The van der Waals surface area contributed by atoms with Crippen LogP contribution in [0.4, 0.5) is 10.1 Å². The fourth-order valence-electron chi connectivity index (χ4n) is 3.12. The van der Waals surface area contributed by atoms with E-state index in [1.54, 1.807) is 17.4 Å². The molecule has 2 aromatic heterocycles. The van der Waals surface area contributed by atoms with Crippen LogP contribution in [-0.2, 0) is 0 Å². The number of nitrogens with zero attached hydrogens (tertiary/aromatic N) is 4. The van der Waals surface area contributed by atoms with Gasteiger partial charge in [0, 0.05) is 26.2 Å². The predicted octanol–water partition coefficient (Wildman–Crippen LogP) is 3.82. The molecule has 4 rings (SSSR count). The van der Waals surface area contributed by atoms with E-state index in [1.807, 2.05) is 29.6 Å². The SMILES string of the molecule is CC(c1nnc(-c2cccs2)o1)N1CCN(c2ccccc2F)CC1. The van der Waals surface area contributed by atoms with E-state index in [9.17, 15) is 4.39 Å². The maximum atomic E-state index is 13.9. The van der Waals surface area contributed by atoms with Crippen LogP contribution < -0.4 is 4.90 Å². The highest BCUT2D eigenvalue weighted by Gasteiger charge is 2.26. The highest BCUT2D eigenvalue weighted by molar-refractivity contribution is 7.13. The van der Waals surface area contributed by atoms with Crippen molar-refractivity contribution in [1.82, 2.24) is 15.1 Å². The van der Waals surface area contributed by atoms with E-state index in [-0.39, 0.29) is 11.9 Å². The molecule has 1 aliphatic rings. The van der Waals surface area contributed by atoms with Gasteiger partial charge < -0.3 is 9.32 Å². The Morgan fingerprint density at radius 1 is 1.08 bits per heavy atom. The molecule has 130 valence electrons. The Morgan fingerprint density at radius 2 is 1.88 bits per heavy atom. The number of anilines is 1. The molecule has 1 atom stereocenters. The molecule has 0 aliphatic carbocycles. The zero-order chi connectivity index (χ0) is 17.2. The van der Waals surface area contributed by atoms with Gasteiger partial charge in [-0.1, -0.05) is 18.2 Å². The first kappa shape index (κ1) is 16.2. The molecule has 1 saturated heterocycles. The number of thiophene rings is 1. The number of hydrogen-bond acceptors (Lipinski definition) is 6. The molecule has 3 heterocycles. The van der Waals surface area contributed by atoms with Crippen LogP contribution in [0, 0.1) is 5.82 Å². The van der Waals surface area contributed by atoms with Crippen LogP contribution in [0.25, 0.3) is 10.8 Å². The summed E-state index contributed by atoms with van der Waals surface area (Å²) in [5.74, 6) is 1.03. The summed E-state index contributed by atoms with van der Waals surface area (Å²) in [7, 11) is 0. The summed E-state index contributed by atoms with van der Waals surface area (Å²) >= 11 is 1.58. The molecule has 1 fully saturated rings.